The van der Waals surface area contributed by atoms with Crippen LogP contribution in [0, 0.1) is 5.92 Å². The number of ether oxygens (including phenoxy) is 2. The Bertz CT molecular complexity index is 230. The molecule has 0 radical (unpaired) electrons. The van der Waals surface area contributed by atoms with Crippen LogP contribution in [0.15, 0.2) is 0 Å². The van der Waals surface area contributed by atoms with Crippen LogP contribution in [-0.2, 0) is 14.3 Å². The van der Waals surface area contributed by atoms with Gasteiger partial charge < -0.3 is 19.7 Å². The quantitative estimate of drug-likeness (QED) is 0.644. The first-order valence-corrected chi connectivity index (χ1v) is 6.83. The number of likely N-dealkylation sites (N-methyl/N-ethyl adjacent to an activating group) is 1. The number of nitrogens with zero attached hydrogens (tertiary/aromatic N) is 1. The fourth-order valence-electron chi connectivity index (χ4n) is 2.19. The summed E-state index contributed by atoms with van der Waals surface area (Å²) < 4.78 is 10.1. The van der Waals surface area contributed by atoms with E-state index in [0.29, 0.717) is 19.1 Å². The van der Waals surface area contributed by atoms with E-state index < -0.39 is 0 Å². The smallest absolute Gasteiger partial charge is 0.248 e. The molecule has 18 heavy (non-hydrogen) atoms. The molecule has 0 bridgehead atoms. The summed E-state index contributed by atoms with van der Waals surface area (Å²) in [7, 11) is 1.62. The van der Waals surface area contributed by atoms with E-state index in [-0.39, 0.29) is 12.5 Å². The summed E-state index contributed by atoms with van der Waals surface area (Å²) in [5, 5.41) is 3.38. The van der Waals surface area contributed by atoms with Crippen molar-refractivity contribution >= 4 is 5.91 Å². The van der Waals surface area contributed by atoms with Gasteiger partial charge in [0, 0.05) is 20.2 Å². The first-order chi connectivity index (χ1) is 8.77. The van der Waals surface area contributed by atoms with Gasteiger partial charge in [0.2, 0.25) is 5.91 Å². The molecule has 0 aromatic carbocycles. The second kappa shape index (κ2) is 9.30. The lowest BCUT2D eigenvalue weighted by Gasteiger charge is -2.29. The Morgan fingerprint density at radius 3 is 2.89 bits per heavy atom. The van der Waals surface area contributed by atoms with Crippen molar-refractivity contribution in [2.45, 2.75) is 19.8 Å². The monoisotopic (exact) mass is 258 g/mol. The van der Waals surface area contributed by atoms with E-state index in [9.17, 15) is 4.79 Å². The maximum absolute atomic E-state index is 12.0. The number of piperidine rings is 1. The van der Waals surface area contributed by atoms with Gasteiger partial charge in [0.1, 0.15) is 6.61 Å². The Hall–Kier alpha value is -0.650. The average molecular weight is 258 g/mol. The average Bonchev–Trinajstić information content (AvgIpc) is 2.42. The van der Waals surface area contributed by atoms with Crippen molar-refractivity contribution in [3.05, 3.63) is 0 Å². The summed E-state index contributed by atoms with van der Waals surface area (Å²) >= 11 is 0. The molecule has 0 aromatic rings. The third-order valence-electron chi connectivity index (χ3n) is 3.27. The van der Waals surface area contributed by atoms with Crippen LogP contribution >= 0.6 is 0 Å². The van der Waals surface area contributed by atoms with Crippen LogP contribution in [0.1, 0.15) is 19.8 Å². The van der Waals surface area contributed by atoms with E-state index in [0.717, 1.165) is 26.2 Å². The maximum atomic E-state index is 12.0. The standard InChI is InChI=1S/C13H26N2O3/c1-3-15(10-12-5-4-6-14-9-12)13(16)11-18-8-7-17-2/h12,14H,3-11H2,1-2H3. The van der Waals surface area contributed by atoms with Gasteiger partial charge in [0.05, 0.1) is 13.2 Å². The fraction of sp³-hybridized carbons (Fsp3) is 0.923. The normalized spacial score (nSPS) is 19.8. The third kappa shape index (κ3) is 5.80. The van der Waals surface area contributed by atoms with Gasteiger partial charge in [-0.3, -0.25) is 4.79 Å². The molecule has 5 nitrogen and oxygen atoms in total. The molecule has 0 spiro atoms. The lowest BCUT2D eigenvalue weighted by molar-refractivity contribution is -0.137. The van der Waals surface area contributed by atoms with E-state index in [1.54, 1.807) is 7.11 Å². The van der Waals surface area contributed by atoms with Gasteiger partial charge in [-0.2, -0.15) is 0 Å². The number of rotatable bonds is 8. The highest BCUT2D eigenvalue weighted by Gasteiger charge is 2.19. The highest BCUT2D eigenvalue weighted by atomic mass is 16.5. The van der Waals surface area contributed by atoms with Crippen LogP contribution < -0.4 is 5.32 Å². The number of methoxy groups -OCH3 is 1. The maximum Gasteiger partial charge on any atom is 0.248 e. The molecule has 1 rings (SSSR count). The van der Waals surface area contributed by atoms with Gasteiger partial charge in [-0.25, -0.2) is 0 Å². The molecule has 1 saturated heterocycles. The molecule has 1 N–H and O–H groups in total. The van der Waals surface area contributed by atoms with Gasteiger partial charge in [-0.1, -0.05) is 0 Å². The van der Waals surface area contributed by atoms with Crippen LogP contribution in [0.25, 0.3) is 0 Å². The van der Waals surface area contributed by atoms with E-state index in [1.165, 1.54) is 12.8 Å². The predicted molar refractivity (Wildman–Crippen MR) is 70.5 cm³/mol. The van der Waals surface area contributed by atoms with E-state index in [4.69, 9.17) is 9.47 Å². The van der Waals surface area contributed by atoms with Crippen molar-refractivity contribution < 1.29 is 14.3 Å². The molecule has 1 aliphatic rings. The summed E-state index contributed by atoms with van der Waals surface area (Å²) in [5.74, 6) is 0.667. The summed E-state index contributed by atoms with van der Waals surface area (Å²) in [5.41, 5.74) is 0. The molecule has 1 aliphatic heterocycles. The number of amides is 1. The van der Waals surface area contributed by atoms with Crippen molar-refractivity contribution in [1.29, 1.82) is 0 Å². The first kappa shape index (κ1) is 15.4. The van der Waals surface area contributed by atoms with Crippen molar-refractivity contribution in [1.82, 2.24) is 10.2 Å². The van der Waals surface area contributed by atoms with Crippen molar-refractivity contribution in [2.75, 3.05) is 53.1 Å². The summed E-state index contributed by atoms with van der Waals surface area (Å²) in [6, 6.07) is 0. The molecule has 1 amide bonds. The van der Waals surface area contributed by atoms with Gasteiger partial charge >= 0.3 is 0 Å². The molecule has 1 fully saturated rings. The molecule has 5 heteroatoms. The predicted octanol–water partition coefficient (Wildman–Crippen LogP) is 0.498. The minimum absolute atomic E-state index is 0.0826. The van der Waals surface area contributed by atoms with Gasteiger partial charge in [0.15, 0.2) is 0 Å². The second-order valence-electron chi connectivity index (χ2n) is 4.69. The number of hydrogen-bond acceptors (Lipinski definition) is 4. The topological polar surface area (TPSA) is 50.8 Å². The number of nitrogens with one attached hydrogen (secondary N) is 1. The van der Waals surface area contributed by atoms with Crippen LogP contribution in [0.3, 0.4) is 0 Å². The van der Waals surface area contributed by atoms with E-state index in [1.807, 2.05) is 11.8 Å². The highest BCUT2D eigenvalue weighted by molar-refractivity contribution is 5.77. The molecule has 0 saturated carbocycles. The molecule has 1 unspecified atom stereocenters. The lowest BCUT2D eigenvalue weighted by Crippen LogP contribution is -2.42. The van der Waals surface area contributed by atoms with E-state index in [2.05, 4.69) is 5.32 Å². The van der Waals surface area contributed by atoms with Crippen molar-refractivity contribution in [3.8, 4) is 0 Å². The molecule has 106 valence electrons. The minimum atomic E-state index is 0.0826. The highest BCUT2D eigenvalue weighted by Crippen LogP contribution is 2.11. The van der Waals surface area contributed by atoms with Crippen LogP contribution in [-0.4, -0.2) is 63.9 Å². The zero-order chi connectivity index (χ0) is 13.2. The van der Waals surface area contributed by atoms with Crippen LogP contribution in [0.2, 0.25) is 0 Å². The van der Waals surface area contributed by atoms with Crippen molar-refractivity contribution in [3.63, 3.8) is 0 Å². The Balaban J connectivity index is 2.23. The largest absolute Gasteiger partial charge is 0.382 e. The summed E-state index contributed by atoms with van der Waals surface area (Å²) in [6.45, 7) is 6.92. The molecule has 0 aromatic heterocycles. The molecular weight excluding hydrogens is 232 g/mol. The Labute approximate surface area is 110 Å². The molecule has 1 heterocycles. The Morgan fingerprint density at radius 1 is 1.44 bits per heavy atom. The molecular formula is C13H26N2O3. The third-order valence-corrected chi connectivity index (χ3v) is 3.27. The molecule has 1 atom stereocenters. The van der Waals surface area contributed by atoms with Crippen LogP contribution in [0.5, 0.6) is 0 Å². The SMILES string of the molecule is CCN(CC1CCCNC1)C(=O)COCCOC. The van der Waals surface area contributed by atoms with Crippen LogP contribution in [0.4, 0.5) is 0 Å². The zero-order valence-electron chi connectivity index (χ0n) is 11.6. The molecule has 0 aliphatic carbocycles. The Kier molecular flexibility index (Phi) is 7.96. The summed E-state index contributed by atoms with van der Waals surface area (Å²) in [4.78, 5) is 13.8. The lowest BCUT2D eigenvalue weighted by atomic mass is 9.99. The van der Waals surface area contributed by atoms with Crippen molar-refractivity contribution in [2.24, 2.45) is 5.92 Å². The number of carbonyl (C=O) groups excluding carboxylic acids is 1. The van der Waals surface area contributed by atoms with Gasteiger partial charge in [-0.05, 0) is 38.8 Å². The van der Waals surface area contributed by atoms with Gasteiger partial charge in [-0.15, -0.1) is 0 Å². The second-order valence-corrected chi connectivity index (χ2v) is 4.69. The number of hydrogen-bond donors (Lipinski definition) is 1. The number of carbonyl (C=O) groups is 1. The van der Waals surface area contributed by atoms with E-state index >= 15 is 0 Å². The first-order valence-electron chi connectivity index (χ1n) is 6.83. The fourth-order valence-corrected chi connectivity index (χ4v) is 2.19. The summed E-state index contributed by atoms with van der Waals surface area (Å²) in [6.07, 6.45) is 2.42. The Morgan fingerprint density at radius 2 is 2.28 bits per heavy atom. The minimum Gasteiger partial charge on any atom is -0.382 e. The zero-order valence-corrected chi connectivity index (χ0v) is 11.6. The van der Waals surface area contributed by atoms with Gasteiger partial charge in [0.25, 0.3) is 0 Å².